The average Bonchev–Trinajstić information content (AvgIpc) is 3.17. The number of hydrogen-bond acceptors (Lipinski definition) is 3. The Hall–Kier alpha value is -2.77. The maximum atomic E-state index is 13.7. The van der Waals surface area contributed by atoms with Gasteiger partial charge in [0.15, 0.2) is 5.78 Å². The number of nitrogens with zero attached hydrogens (tertiary/aromatic N) is 2. The summed E-state index contributed by atoms with van der Waals surface area (Å²) in [5.74, 6) is 0.388. The molecule has 0 saturated carbocycles. The number of carbonyl (C=O) groups is 1. The third-order valence-corrected chi connectivity index (χ3v) is 6.56. The minimum atomic E-state index is -4.52. The summed E-state index contributed by atoms with van der Waals surface area (Å²) in [4.78, 5) is 12.9. The van der Waals surface area contributed by atoms with Crippen LogP contribution in [0.4, 0.5) is 19.0 Å². The van der Waals surface area contributed by atoms with E-state index in [9.17, 15) is 18.0 Å². The number of carbonyl (C=O) groups excluding carboxylic acids is 1. The van der Waals surface area contributed by atoms with Crippen molar-refractivity contribution in [2.24, 2.45) is 0 Å². The van der Waals surface area contributed by atoms with Crippen LogP contribution in [0.3, 0.4) is 0 Å². The van der Waals surface area contributed by atoms with Crippen molar-refractivity contribution in [2.75, 3.05) is 5.32 Å². The smallest absolute Gasteiger partial charge is 0.343 e. The van der Waals surface area contributed by atoms with Crippen LogP contribution in [0.5, 0.6) is 0 Å². The van der Waals surface area contributed by atoms with E-state index in [0.717, 1.165) is 6.07 Å². The van der Waals surface area contributed by atoms with Crippen LogP contribution in [0, 0.1) is 0 Å². The lowest BCUT2D eigenvalue weighted by molar-refractivity contribution is -0.137. The Kier molecular flexibility index (Phi) is 5.06. The number of rotatable bonds is 2. The zero-order valence-electron chi connectivity index (χ0n) is 16.5. The zero-order valence-corrected chi connectivity index (χ0v) is 18.0. The molecular formula is C23H16Cl2F3N3O. The zero-order chi connectivity index (χ0) is 22.6. The fraction of sp³-hybridized carbons (Fsp3) is 0.217. The van der Waals surface area contributed by atoms with Crippen molar-refractivity contribution in [2.45, 2.75) is 31.5 Å². The third kappa shape index (κ3) is 3.40. The molecule has 2 aromatic carbocycles. The van der Waals surface area contributed by atoms with Gasteiger partial charge in [0.1, 0.15) is 11.9 Å². The molecule has 2 aliphatic rings. The molecule has 5 rings (SSSR count). The van der Waals surface area contributed by atoms with Crippen LogP contribution in [0.2, 0.25) is 10.0 Å². The van der Waals surface area contributed by atoms with Gasteiger partial charge in [-0.1, -0.05) is 47.5 Å². The monoisotopic (exact) mass is 477 g/mol. The van der Waals surface area contributed by atoms with Gasteiger partial charge < -0.3 is 5.32 Å². The van der Waals surface area contributed by atoms with Crippen molar-refractivity contribution in [3.05, 3.63) is 81.1 Å². The molecule has 0 bridgehead atoms. The minimum Gasteiger partial charge on any atom is -0.343 e. The highest BCUT2D eigenvalue weighted by Crippen LogP contribution is 2.46. The fourth-order valence-corrected chi connectivity index (χ4v) is 4.72. The SMILES string of the molecule is O=C1CCCC2=C1C(c1ccc(Cl)c(Cl)c1)n1ncc(-c3ccccc3C(F)(F)F)c1N2. The second-order valence-corrected chi connectivity index (χ2v) is 8.58. The molecule has 0 amide bonds. The average molecular weight is 478 g/mol. The van der Waals surface area contributed by atoms with Crippen molar-refractivity contribution in [3.63, 3.8) is 0 Å². The molecule has 164 valence electrons. The first-order valence-electron chi connectivity index (χ1n) is 9.98. The highest BCUT2D eigenvalue weighted by molar-refractivity contribution is 6.42. The van der Waals surface area contributed by atoms with Gasteiger partial charge >= 0.3 is 6.18 Å². The van der Waals surface area contributed by atoms with Crippen LogP contribution in [0.25, 0.3) is 11.1 Å². The van der Waals surface area contributed by atoms with E-state index in [0.29, 0.717) is 57.5 Å². The Labute approximate surface area is 191 Å². The maximum absolute atomic E-state index is 13.7. The number of aromatic nitrogens is 2. The number of fused-ring (bicyclic) bond motifs is 1. The van der Waals surface area contributed by atoms with E-state index < -0.39 is 17.8 Å². The number of ketones is 1. The van der Waals surface area contributed by atoms with Crippen molar-refractivity contribution >= 4 is 34.8 Å². The van der Waals surface area contributed by atoms with E-state index in [-0.39, 0.29) is 11.3 Å². The fourth-order valence-electron chi connectivity index (χ4n) is 4.41. The number of Topliss-reactive ketones (excluding diaryl/α,β-unsaturated/α-hetero) is 1. The van der Waals surface area contributed by atoms with Gasteiger partial charge in [-0.25, -0.2) is 4.68 Å². The summed E-state index contributed by atoms with van der Waals surface area (Å²) in [6.07, 6.45) is -1.43. The highest BCUT2D eigenvalue weighted by Gasteiger charge is 2.39. The molecule has 2 heterocycles. The highest BCUT2D eigenvalue weighted by atomic mass is 35.5. The lowest BCUT2D eigenvalue weighted by atomic mass is 9.85. The normalized spacial score (nSPS) is 18.3. The Morgan fingerprint density at radius 3 is 2.56 bits per heavy atom. The van der Waals surface area contributed by atoms with Gasteiger partial charge in [-0.2, -0.15) is 18.3 Å². The van der Waals surface area contributed by atoms with E-state index in [4.69, 9.17) is 23.2 Å². The number of benzene rings is 2. The predicted molar refractivity (Wildman–Crippen MR) is 117 cm³/mol. The van der Waals surface area contributed by atoms with E-state index in [1.54, 1.807) is 28.9 Å². The van der Waals surface area contributed by atoms with E-state index in [1.165, 1.54) is 18.3 Å². The minimum absolute atomic E-state index is 0.0202. The van der Waals surface area contributed by atoms with Gasteiger partial charge in [-0.15, -0.1) is 0 Å². The molecule has 1 aromatic heterocycles. The van der Waals surface area contributed by atoms with Crippen LogP contribution in [0.1, 0.15) is 36.4 Å². The van der Waals surface area contributed by atoms with Gasteiger partial charge in [0.05, 0.1) is 21.8 Å². The van der Waals surface area contributed by atoms with E-state index >= 15 is 0 Å². The lowest BCUT2D eigenvalue weighted by Crippen LogP contribution is -2.31. The van der Waals surface area contributed by atoms with Gasteiger partial charge in [-0.05, 0) is 42.2 Å². The van der Waals surface area contributed by atoms with Crippen LogP contribution >= 0.6 is 23.2 Å². The second-order valence-electron chi connectivity index (χ2n) is 7.76. The molecule has 9 heteroatoms. The first-order valence-corrected chi connectivity index (χ1v) is 10.7. The predicted octanol–water partition coefficient (Wildman–Crippen LogP) is 6.90. The van der Waals surface area contributed by atoms with Gasteiger partial charge in [0.2, 0.25) is 0 Å². The molecule has 0 fully saturated rings. The van der Waals surface area contributed by atoms with Crippen molar-refractivity contribution in [1.82, 2.24) is 9.78 Å². The molecule has 1 aliphatic carbocycles. The summed E-state index contributed by atoms with van der Waals surface area (Å²) in [5, 5.41) is 8.32. The molecule has 1 aliphatic heterocycles. The van der Waals surface area contributed by atoms with Gasteiger partial charge in [0.25, 0.3) is 0 Å². The standard InChI is InChI=1S/C23H16Cl2F3N3O/c24-16-9-8-12(10-17(16)25)21-20-18(6-3-7-19(20)32)30-22-14(11-29-31(21)22)13-4-1-2-5-15(13)23(26,27)28/h1-2,4-5,8-11,21,30H,3,6-7H2. The topological polar surface area (TPSA) is 46.9 Å². The molecule has 4 nitrogen and oxygen atoms in total. The summed E-state index contributed by atoms with van der Waals surface area (Å²) in [6, 6.07) is 9.83. The quantitative estimate of drug-likeness (QED) is 0.436. The number of halogens is 5. The Morgan fingerprint density at radius 1 is 1.03 bits per heavy atom. The van der Waals surface area contributed by atoms with Gasteiger partial charge in [0, 0.05) is 23.3 Å². The van der Waals surface area contributed by atoms with Crippen LogP contribution in [-0.4, -0.2) is 15.6 Å². The molecule has 3 aromatic rings. The van der Waals surface area contributed by atoms with Gasteiger partial charge in [-0.3, -0.25) is 4.79 Å². The van der Waals surface area contributed by atoms with Crippen molar-refractivity contribution in [3.8, 4) is 11.1 Å². The summed E-state index contributed by atoms with van der Waals surface area (Å²) in [6.45, 7) is 0. The first-order chi connectivity index (χ1) is 15.3. The Bertz CT molecular complexity index is 1280. The van der Waals surface area contributed by atoms with Crippen LogP contribution in [-0.2, 0) is 11.0 Å². The largest absolute Gasteiger partial charge is 0.417 e. The Balaban J connectivity index is 1.73. The van der Waals surface area contributed by atoms with Crippen LogP contribution in [0.15, 0.2) is 59.9 Å². The molecule has 32 heavy (non-hydrogen) atoms. The molecule has 1 N–H and O–H groups in total. The summed E-state index contributed by atoms with van der Waals surface area (Å²) < 4.78 is 42.6. The lowest BCUT2D eigenvalue weighted by Gasteiger charge is -2.33. The van der Waals surface area contributed by atoms with Crippen LogP contribution < -0.4 is 5.32 Å². The summed E-state index contributed by atoms with van der Waals surface area (Å²) in [5.41, 5.74) is 1.53. The molecule has 0 radical (unpaired) electrons. The number of anilines is 1. The number of nitrogens with one attached hydrogen (secondary N) is 1. The maximum Gasteiger partial charge on any atom is 0.417 e. The van der Waals surface area contributed by atoms with Crippen molar-refractivity contribution < 1.29 is 18.0 Å². The molecule has 0 spiro atoms. The molecular weight excluding hydrogens is 462 g/mol. The van der Waals surface area contributed by atoms with E-state index in [1.807, 2.05) is 0 Å². The number of allylic oxidation sites excluding steroid dienone is 2. The molecule has 0 saturated heterocycles. The third-order valence-electron chi connectivity index (χ3n) is 5.82. The van der Waals surface area contributed by atoms with E-state index in [2.05, 4.69) is 10.4 Å². The van der Waals surface area contributed by atoms with Crippen molar-refractivity contribution in [1.29, 1.82) is 0 Å². The summed E-state index contributed by atoms with van der Waals surface area (Å²) in [7, 11) is 0. The molecule has 1 unspecified atom stereocenters. The first kappa shape index (κ1) is 21.1. The number of alkyl halides is 3. The Morgan fingerprint density at radius 2 is 1.81 bits per heavy atom. The molecule has 1 atom stereocenters. The second kappa shape index (κ2) is 7.67. The summed E-state index contributed by atoms with van der Waals surface area (Å²) >= 11 is 12.3. The number of hydrogen-bond donors (Lipinski definition) is 1.